The van der Waals surface area contributed by atoms with E-state index in [-0.39, 0.29) is 6.10 Å². The number of rotatable bonds is 6. The normalized spacial score (nSPS) is 11.0. The van der Waals surface area contributed by atoms with Crippen molar-refractivity contribution in [2.24, 2.45) is 0 Å². The van der Waals surface area contributed by atoms with E-state index in [1.54, 1.807) is 0 Å². The van der Waals surface area contributed by atoms with Gasteiger partial charge in [-0.15, -0.1) is 0 Å². The van der Waals surface area contributed by atoms with Crippen LogP contribution >= 0.6 is 0 Å². The summed E-state index contributed by atoms with van der Waals surface area (Å²) in [5.41, 5.74) is 0. The van der Waals surface area contributed by atoms with Crippen LogP contribution in [0.4, 0.5) is 5.82 Å². The Kier molecular flexibility index (Phi) is 5.19. The summed E-state index contributed by atoms with van der Waals surface area (Å²) in [6.07, 6.45) is 1.20. The van der Waals surface area contributed by atoms with Crippen LogP contribution in [0.3, 0.4) is 0 Å². The SMILES string of the molecule is CCCNc1cc(OC(C)C)nc(C(C)C)n1. The lowest BCUT2D eigenvalue weighted by Gasteiger charge is -2.13. The Bertz CT molecular complexity index is 351. The number of anilines is 1. The van der Waals surface area contributed by atoms with Crippen molar-refractivity contribution in [1.29, 1.82) is 0 Å². The fourth-order valence-corrected chi connectivity index (χ4v) is 1.35. The molecule has 0 aliphatic carbocycles. The van der Waals surface area contributed by atoms with Crippen molar-refractivity contribution >= 4 is 5.82 Å². The van der Waals surface area contributed by atoms with Crippen LogP contribution in [-0.4, -0.2) is 22.6 Å². The van der Waals surface area contributed by atoms with Crippen molar-refractivity contribution in [1.82, 2.24) is 9.97 Å². The minimum atomic E-state index is 0.129. The van der Waals surface area contributed by atoms with E-state index in [1.165, 1.54) is 0 Å². The molecule has 4 nitrogen and oxygen atoms in total. The van der Waals surface area contributed by atoms with Crippen molar-refractivity contribution in [2.45, 2.75) is 53.1 Å². The average Bonchev–Trinajstić information content (AvgIpc) is 2.25. The second kappa shape index (κ2) is 6.42. The summed E-state index contributed by atoms with van der Waals surface area (Å²) < 4.78 is 5.63. The Morgan fingerprint density at radius 1 is 1.24 bits per heavy atom. The van der Waals surface area contributed by atoms with Crippen molar-refractivity contribution in [3.05, 3.63) is 11.9 Å². The molecule has 0 aromatic carbocycles. The molecule has 0 fully saturated rings. The monoisotopic (exact) mass is 237 g/mol. The predicted octanol–water partition coefficient (Wildman–Crippen LogP) is 3.21. The molecular weight excluding hydrogens is 214 g/mol. The van der Waals surface area contributed by atoms with E-state index in [2.05, 4.69) is 36.1 Å². The first kappa shape index (κ1) is 13.7. The van der Waals surface area contributed by atoms with Crippen LogP contribution in [0.15, 0.2) is 6.07 Å². The molecule has 1 rings (SSSR count). The van der Waals surface area contributed by atoms with Gasteiger partial charge in [0.25, 0.3) is 0 Å². The first-order valence-corrected chi connectivity index (χ1v) is 6.32. The van der Waals surface area contributed by atoms with Crippen LogP contribution in [0.2, 0.25) is 0 Å². The smallest absolute Gasteiger partial charge is 0.218 e. The third-order valence-electron chi connectivity index (χ3n) is 2.15. The van der Waals surface area contributed by atoms with Crippen LogP contribution in [-0.2, 0) is 0 Å². The standard InChI is InChI=1S/C13H23N3O/c1-6-7-14-11-8-12(17-10(4)5)16-13(15-11)9(2)3/h8-10H,6-7H2,1-5H3,(H,14,15,16). The zero-order valence-corrected chi connectivity index (χ0v) is 11.4. The molecule has 1 aromatic rings. The largest absolute Gasteiger partial charge is 0.475 e. The van der Waals surface area contributed by atoms with Gasteiger partial charge in [0.1, 0.15) is 11.6 Å². The van der Waals surface area contributed by atoms with Crippen LogP contribution < -0.4 is 10.1 Å². The zero-order valence-electron chi connectivity index (χ0n) is 11.4. The summed E-state index contributed by atoms with van der Waals surface area (Å²) in [5.74, 6) is 2.62. The molecule has 0 aliphatic rings. The van der Waals surface area contributed by atoms with Gasteiger partial charge in [-0.05, 0) is 20.3 Å². The Hall–Kier alpha value is -1.32. The van der Waals surface area contributed by atoms with E-state index in [4.69, 9.17) is 4.74 Å². The molecule has 17 heavy (non-hydrogen) atoms. The molecular formula is C13H23N3O. The summed E-state index contributed by atoms with van der Waals surface area (Å²) in [6, 6.07) is 1.86. The zero-order chi connectivity index (χ0) is 12.8. The second-order valence-electron chi connectivity index (χ2n) is 4.70. The molecule has 0 bridgehead atoms. The molecule has 0 unspecified atom stereocenters. The van der Waals surface area contributed by atoms with Gasteiger partial charge in [0.15, 0.2) is 0 Å². The molecule has 0 radical (unpaired) electrons. The van der Waals surface area contributed by atoms with Crippen LogP contribution in [0.25, 0.3) is 0 Å². The van der Waals surface area contributed by atoms with E-state index < -0.39 is 0 Å². The quantitative estimate of drug-likeness (QED) is 0.825. The van der Waals surface area contributed by atoms with Gasteiger partial charge in [-0.1, -0.05) is 20.8 Å². The number of hydrogen-bond donors (Lipinski definition) is 1. The van der Waals surface area contributed by atoms with Gasteiger partial charge >= 0.3 is 0 Å². The highest BCUT2D eigenvalue weighted by atomic mass is 16.5. The maximum Gasteiger partial charge on any atom is 0.218 e. The van der Waals surface area contributed by atoms with Crippen molar-refractivity contribution in [3.63, 3.8) is 0 Å². The second-order valence-corrected chi connectivity index (χ2v) is 4.70. The lowest BCUT2D eigenvalue weighted by atomic mass is 10.2. The van der Waals surface area contributed by atoms with Crippen molar-refractivity contribution in [3.8, 4) is 5.88 Å². The van der Waals surface area contributed by atoms with Gasteiger partial charge in [0.05, 0.1) is 6.10 Å². The molecule has 0 saturated heterocycles. The van der Waals surface area contributed by atoms with E-state index >= 15 is 0 Å². The van der Waals surface area contributed by atoms with Gasteiger partial charge in [0, 0.05) is 18.5 Å². The van der Waals surface area contributed by atoms with E-state index in [0.717, 1.165) is 24.6 Å². The summed E-state index contributed by atoms with van der Waals surface area (Å²) in [4.78, 5) is 8.88. The molecule has 0 aliphatic heterocycles. The van der Waals surface area contributed by atoms with Gasteiger partial charge in [-0.25, -0.2) is 4.98 Å². The highest BCUT2D eigenvalue weighted by Crippen LogP contribution is 2.19. The van der Waals surface area contributed by atoms with Crippen LogP contribution in [0.1, 0.15) is 52.8 Å². The minimum Gasteiger partial charge on any atom is -0.475 e. The van der Waals surface area contributed by atoms with Gasteiger partial charge in [-0.2, -0.15) is 4.98 Å². The maximum atomic E-state index is 5.63. The first-order chi connectivity index (χ1) is 8.02. The summed E-state index contributed by atoms with van der Waals surface area (Å²) in [7, 11) is 0. The Balaban J connectivity index is 2.92. The Labute approximate surface area is 104 Å². The highest BCUT2D eigenvalue weighted by Gasteiger charge is 2.09. The highest BCUT2D eigenvalue weighted by molar-refractivity contribution is 5.38. The summed E-state index contributed by atoms with van der Waals surface area (Å²) in [5, 5.41) is 3.27. The number of nitrogens with one attached hydrogen (secondary N) is 1. The van der Waals surface area contributed by atoms with Crippen molar-refractivity contribution in [2.75, 3.05) is 11.9 Å². The lowest BCUT2D eigenvalue weighted by molar-refractivity contribution is 0.231. The fourth-order valence-electron chi connectivity index (χ4n) is 1.35. The minimum absolute atomic E-state index is 0.129. The predicted molar refractivity (Wildman–Crippen MR) is 70.7 cm³/mol. The number of hydrogen-bond acceptors (Lipinski definition) is 4. The summed E-state index contributed by atoms with van der Waals surface area (Å²) >= 11 is 0. The average molecular weight is 237 g/mol. The van der Waals surface area contributed by atoms with Gasteiger partial charge in [-0.3, -0.25) is 0 Å². The Morgan fingerprint density at radius 2 is 1.94 bits per heavy atom. The molecule has 0 amide bonds. The molecule has 0 atom stereocenters. The fraction of sp³-hybridized carbons (Fsp3) is 0.692. The van der Waals surface area contributed by atoms with Gasteiger partial charge < -0.3 is 10.1 Å². The van der Waals surface area contributed by atoms with Gasteiger partial charge in [0.2, 0.25) is 5.88 Å². The molecule has 96 valence electrons. The molecule has 0 spiro atoms. The lowest BCUT2D eigenvalue weighted by Crippen LogP contribution is -2.11. The molecule has 0 saturated carbocycles. The van der Waals surface area contributed by atoms with E-state index in [0.29, 0.717) is 11.8 Å². The topological polar surface area (TPSA) is 47.0 Å². The number of nitrogens with zero attached hydrogens (tertiary/aromatic N) is 2. The third kappa shape index (κ3) is 4.59. The molecule has 4 heteroatoms. The molecule has 1 aromatic heterocycles. The van der Waals surface area contributed by atoms with E-state index in [1.807, 2.05) is 19.9 Å². The van der Waals surface area contributed by atoms with Crippen LogP contribution in [0.5, 0.6) is 5.88 Å². The third-order valence-corrected chi connectivity index (χ3v) is 2.15. The number of aromatic nitrogens is 2. The number of ether oxygens (including phenoxy) is 1. The molecule has 1 N–H and O–H groups in total. The summed E-state index contributed by atoms with van der Waals surface area (Å²) in [6.45, 7) is 11.2. The van der Waals surface area contributed by atoms with Crippen molar-refractivity contribution < 1.29 is 4.74 Å². The Morgan fingerprint density at radius 3 is 2.47 bits per heavy atom. The molecule has 1 heterocycles. The first-order valence-electron chi connectivity index (χ1n) is 6.32. The van der Waals surface area contributed by atoms with E-state index in [9.17, 15) is 0 Å². The maximum absolute atomic E-state index is 5.63. The van der Waals surface area contributed by atoms with Crippen LogP contribution in [0, 0.1) is 0 Å².